The predicted octanol–water partition coefficient (Wildman–Crippen LogP) is 2.05. The van der Waals surface area contributed by atoms with Gasteiger partial charge in [-0.25, -0.2) is 0 Å². The van der Waals surface area contributed by atoms with E-state index < -0.39 is 0 Å². The molecule has 1 saturated heterocycles. The van der Waals surface area contributed by atoms with Gasteiger partial charge in [0.25, 0.3) is 0 Å². The molecule has 5 heteroatoms. The lowest BCUT2D eigenvalue weighted by Crippen LogP contribution is -2.44. The maximum atomic E-state index is 5.87. The highest BCUT2D eigenvalue weighted by Gasteiger charge is 2.20. The second-order valence-electron chi connectivity index (χ2n) is 5.00. The molecule has 4 nitrogen and oxygen atoms in total. The van der Waals surface area contributed by atoms with Crippen LogP contribution < -0.4 is 10.5 Å². The molecule has 2 N–H and O–H groups in total. The highest BCUT2D eigenvalue weighted by molar-refractivity contribution is 9.10. The average molecular weight is 343 g/mol. The van der Waals surface area contributed by atoms with Crippen LogP contribution in [0.25, 0.3) is 0 Å². The molecule has 1 unspecified atom stereocenters. The summed E-state index contributed by atoms with van der Waals surface area (Å²) in [7, 11) is 0. The minimum Gasteiger partial charge on any atom is -0.490 e. The summed E-state index contributed by atoms with van der Waals surface area (Å²) in [6.45, 7) is 7.25. The van der Waals surface area contributed by atoms with Crippen LogP contribution in [0.1, 0.15) is 12.5 Å². The van der Waals surface area contributed by atoms with Crippen LogP contribution in [-0.2, 0) is 11.2 Å². The Hall–Kier alpha value is -0.620. The summed E-state index contributed by atoms with van der Waals surface area (Å²) in [6, 6.07) is 6.13. The molecule has 1 aliphatic rings. The van der Waals surface area contributed by atoms with Crippen LogP contribution in [0.15, 0.2) is 22.7 Å². The minimum absolute atomic E-state index is 0.152. The van der Waals surface area contributed by atoms with E-state index in [2.05, 4.69) is 39.9 Å². The molecular formula is C15H23BrN2O2. The van der Waals surface area contributed by atoms with E-state index in [4.69, 9.17) is 15.2 Å². The van der Waals surface area contributed by atoms with Crippen molar-refractivity contribution in [3.63, 3.8) is 0 Å². The third-order valence-corrected chi connectivity index (χ3v) is 4.14. The lowest BCUT2D eigenvalue weighted by molar-refractivity contribution is -0.0465. The number of rotatable bonds is 6. The quantitative estimate of drug-likeness (QED) is 0.859. The normalized spacial score (nSPS) is 20.1. The summed E-state index contributed by atoms with van der Waals surface area (Å²) in [5.74, 6) is 0.864. The zero-order chi connectivity index (χ0) is 14.4. The Morgan fingerprint density at radius 1 is 1.50 bits per heavy atom. The Bertz CT molecular complexity index is 428. The van der Waals surface area contributed by atoms with Crippen LogP contribution in [0, 0.1) is 0 Å². The molecule has 1 fully saturated rings. The second-order valence-corrected chi connectivity index (χ2v) is 5.85. The Balaban J connectivity index is 1.87. The Labute approximate surface area is 129 Å². The molecule has 0 aliphatic carbocycles. The summed E-state index contributed by atoms with van der Waals surface area (Å²) < 4.78 is 12.6. The first-order valence-corrected chi connectivity index (χ1v) is 7.97. The molecule has 2 rings (SSSR count). The summed E-state index contributed by atoms with van der Waals surface area (Å²) >= 11 is 3.55. The molecular weight excluding hydrogens is 320 g/mol. The first-order chi connectivity index (χ1) is 9.72. The van der Waals surface area contributed by atoms with Crippen LogP contribution in [-0.4, -0.2) is 50.4 Å². The number of morpholine rings is 1. The lowest BCUT2D eigenvalue weighted by Gasteiger charge is -2.31. The third kappa shape index (κ3) is 4.45. The van der Waals surface area contributed by atoms with Crippen LogP contribution in [0.4, 0.5) is 0 Å². The maximum Gasteiger partial charge on any atom is 0.133 e. The molecule has 1 aliphatic heterocycles. The fourth-order valence-corrected chi connectivity index (χ4v) is 2.88. The largest absolute Gasteiger partial charge is 0.490 e. The third-order valence-electron chi connectivity index (χ3n) is 3.52. The van der Waals surface area contributed by atoms with Gasteiger partial charge in [-0.2, -0.15) is 0 Å². The molecule has 0 spiro atoms. The van der Waals surface area contributed by atoms with Gasteiger partial charge in [0.15, 0.2) is 0 Å². The van der Waals surface area contributed by atoms with Crippen LogP contribution in [0.2, 0.25) is 0 Å². The Kier molecular flexibility index (Phi) is 6.29. The molecule has 20 heavy (non-hydrogen) atoms. The van der Waals surface area contributed by atoms with E-state index >= 15 is 0 Å². The first-order valence-electron chi connectivity index (χ1n) is 7.18. The standard InChI is InChI=1S/C15H23BrN2O2/c1-2-18-7-8-19-13(10-18)11-20-15-4-3-12(5-6-17)9-14(15)16/h3-4,9,13H,2,5-8,10-11,17H2,1H3. The van der Waals surface area contributed by atoms with Crippen molar-refractivity contribution in [3.05, 3.63) is 28.2 Å². The number of halogens is 1. The lowest BCUT2D eigenvalue weighted by atomic mass is 10.1. The van der Waals surface area contributed by atoms with E-state index in [1.165, 1.54) is 5.56 Å². The van der Waals surface area contributed by atoms with E-state index in [0.717, 1.165) is 42.9 Å². The molecule has 1 heterocycles. The zero-order valence-corrected chi connectivity index (χ0v) is 13.6. The van der Waals surface area contributed by atoms with Crippen molar-refractivity contribution in [2.45, 2.75) is 19.4 Å². The van der Waals surface area contributed by atoms with Crippen LogP contribution in [0.5, 0.6) is 5.75 Å². The Morgan fingerprint density at radius 3 is 3.05 bits per heavy atom. The van der Waals surface area contributed by atoms with Gasteiger partial charge in [-0.15, -0.1) is 0 Å². The average Bonchev–Trinajstić information content (AvgIpc) is 2.47. The molecule has 112 valence electrons. The van der Waals surface area contributed by atoms with Gasteiger partial charge in [0, 0.05) is 13.1 Å². The van der Waals surface area contributed by atoms with E-state index in [-0.39, 0.29) is 6.10 Å². The van der Waals surface area contributed by atoms with Gasteiger partial charge in [-0.1, -0.05) is 13.0 Å². The molecule has 1 aromatic rings. The van der Waals surface area contributed by atoms with Crippen molar-refractivity contribution < 1.29 is 9.47 Å². The molecule has 1 aromatic carbocycles. The number of nitrogens with zero attached hydrogens (tertiary/aromatic N) is 1. The van der Waals surface area contributed by atoms with Gasteiger partial charge >= 0.3 is 0 Å². The fourth-order valence-electron chi connectivity index (χ4n) is 2.33. The van der Waals surface area contributed by atoms with E-state index in [1.807, 2.05) is 6.07 Å². The summed E-state index contributed by atoms with van der Waals surface area (Å²) in [5.41, 5.74) is 6.78. The molecule has 0 radical (unpaired) electrons. The van der Waals surface area contributed by atoms with E-state index in [1.54, 1.807) is 0 Å². The number of ether oxygens (including phenoxy) is 2. The topological polar surface area (TPSA) is 47.7 Å². The van der Waals surface area contributed by atoms with Crippen molar-refractivity contribution in [2.24, 2.45) is 5.73 Å². The van der Waals surface area contributed by atoms with Crippen molar-refractivity contribution in [1.29, 1.82) is 0 Å². The molecule has 0 saturated carbocycles. The smallest absolute Gasteiger partial charge is 0.133 e. The molecule has 0 bridgehead atoms. The summed E-state index contributed by atoms with van der Waals surface area (Å²) in [5, 5.41) is 0. The van der Waals surface area contributed by atoms with Gasteiger partial charge in [0.2, 0.25) is 0 Å². The SMILES string of the molecule is CCN1CCOC(COc2ccc(CCN)cc2Br)C1. The van der Waals surface area contributed by atoms with Crippen LogP contribution >= 0.6 is 15.9 Å². The number of benzene rings is 1. The number of nitrogens with two attached hydrogens (primary N) is 1. The highest BCUT2D eigenvalue weighted by atomic mass is 79.9. The Morgan fingerprint density at radius 2 is 2.35 bits per heavy atom. The predicted molar refractivity (Wildman–Crippen MR) is 84.2 cm³/mol. The van der Waals surface area contributed by atoms with E-state index in [9.17, 15) is 0 Å². The van der Waals surface area contributed by atoms with E-state index in [0.29, 0.717) is 13.2 Å². The van der Waals surface area contributed by atoms with Crippen LogP contribution in [0.3, 0.4) is 0 Å². The second kappa shape index (κ2) is 7.98. The maximum absolute atomic E-state index is 5.87. The van der Waals surface area contributed by atoms with Gasteiger partial charge in [-0.05, 0) is 53.1 Å². The monoisotopic (exact) mass is 342 g/mol. The van der Waals surface area contributed by atoms with Crippen molar-refractivity contribution in [2.75, 3.05) is 39.4 Å². The molecule has 0 amide bonds. The van der Waals surface area contributed by atoms with Gasteiger partial charge < -0.3 is 15.2 Å². The first kappa shape index (κ1) is 15.8. The summed E-state index contributed by atoms with van der Waals surface area (Å²) in [4.78, 5) is 2.39. The molecule has 0 aromatic heterocycles. The number of hydrogen-bond donors (Lipinski definition) is 1. The minimum atomic E-state index is 0.152. The molecule has 1 atom stereocenters. The highest BCUT2D eigenvalue weighted by Crippen LogP contribution is 2.26. The van der Waals surface area contributed by atoms with Gasteiger partial charge in [0.05, 0.1) is 11.1 Å². The van der Waals surface area contributed by atoms with Crippen molar-refractivity contribution in [3.8, 4) is 5.75 Å². The van der Waals surface area contributed by atoms with Gasteiger partial charge in [-0.3, -0.25) is 4.90 Å². The number of likely N-dealkylation sites (N-methyl/N-ethyl adjacent to an activating group) is 1. The van der Waals surface area contributed by atoms with Gasteiger partial charge in [0.1, 0.15) is 18.5 Å². The summed E-state index contributed by atoms with van der Waals surface area (Å²) in [6.07, 6.45) is 1.04. The van der Waals surface area contributed by atoms with Crippen molar-refractivity contribution in [1.82, 2.24) is 4.90 Å². The fraction of sp³-hybridized carbons (Fsp3) is 0.600. The number of hydrogen-bond acceptors (Lipinski definition) is 4. The van der Waals surface area contributed by atoms with Crippen molar-refractivity contribution >= 4 is 15.9 Å². The zero-order valence-electron chi connectivity index (χ0n) is 12.0.